The predicted octanol–water partition coefficient (Wildman–Crippen LogP) is 3.81. The second kappa shape index (κ2) is 9.89. The third-order valence-electron chi connectivity index (χ3n) is 5.17. The largest absolute Gasteiger partial charge is 0.422 e. The highest BCUT2D eigenvalue weighted by atomic mass is 32.1. The maximum atomic E-state index is 12.5. The van der Waals surface area contributed by atoms with Crippen molar-refractivity contribution in [3.05, 3.63) is 35.0 Å². The maximum absolute atomic E-state index is 12.5. The molecule has 3 aromatic heterocycles. The van der Waals surface area contributed by atoms with Crippen LogP contribution in [0.2, 0.25) is 0 Å². The fraction of sp³-hybridized carbons (Fsp3) is 0.429. The second-order valence-corrected chi connectivity index (χ2v) is 8.93. The van der Waals surface area contributed by atoms with Gasteiger partial charge in [0, 0.05) is 25.1 Å². The first-order valence-corrected chi connectivity index (χ1v) is 11.4. The number of hydrogen-bond acceptors (Lipinski definition) is 9. The number of hydrogen-bond donors (Lipinski definition) is 3. The zero-order chi connectivity index (χ0) is 24.4. The molecule has 3 atom stereocenters. The molecule has 0 bridgehead atoms. The number of carbonyl (C=O) groups excluding carboxylic acids is 1. The van der Waals surface area contributed by atoms with Gasteiger partial charge in [0.05, 0.1) is 28.9 Å². The number of urea groups is 1. The fourth-order valence-electron chi connectivity index (χ4n) is 3.72. The summed E-state index contributed by atoms with van der Waals surface area (Å²) in [5, 5.41) is 15.0. The van der Waals surface area contributed by atoms with Gasteiger partial charge in [-0.05, 0) is 26.8 Å². The summed E-state index contributed by atoms with van der Waals surface area (Å²) < 4.78 is 35.3. The van der Waals surface area contributed by atoms with Crippen molar-refractivity contribution in [2.75, 3.05) is 16.8 Å². The standard InChI is InChI=1S/C21H24F2N6O4S/c1-10-7-14-17(34-20(27-14)28-19(31)24-8-11(2)30)12(3)29(10)21-25-9-15(32-21)13-5-4-6-16(26-13)33-18(22)23/h4-6,9-12,18,30H,7-8H2,1-3H3,(H2,24,27,28,31)/t10-,11+,12+/m1/s1. The second-order valence-electron chi connectivity index (χ2n) is 7.90. The van der Waals surface area contributed by atoms with Crippen LogP contribution in [0, 0.1) is 0 Å². The number of anilines is 2. The summed E-state index contributed by atoms with van der Waals surface area (Å²) >= 11 is 1.36. The number of amides is 2. The summed E-state index contributed by atoms with van der Waals surface area (Å²) in [6.07, 6.45) is 1.45. The number of rotatable bonds is 7. The molecule has 34 heavy (non-hydrogen) atoms. The molecule has 3 aromatic rings. The molecule has 0 spiro atoms. The minimum absolute atomic E-state index is 0.00512. The third kappa shape index (κ3) is 5.25. The first kappa shape index (κ1) is 23.8. The van der Waals surface area contributed by atoms with Gasteiger partial charge >= 0.3 is 12.6 Å². The number of alkyl halides is 2. The summed E-state index contributed by atoms with van der Waals surface area (Å²) in [6, 6.07) is 4.28. The molecular formula is C21H24F2N6O4S. The zero-order valence-electron chi connectivity index (χ0n) is 18.7. The topological polar surface area (TPSA) is 126 Å². The smallest absolute Gasteiger partial charge is 0.388 e. The van der Waals surface area contributed by atoms with Crippen LogP contribution >= 0.6 is 11.3 Å². The number of aliphatic hydroxyl groups excluding tert-OH is 1. The number of nitrogens with zero attached hydrogens (tertiary/aromatic N) is 4. The summed E-state index contributed by atoms with van der Waals surface area (Å²) in [5.41, 5.74) is 1.21. The molecule has 182 valence electrons. The number of oxazole rings is 1. The Hall–Kier alpha value is -3.32. The molecule has 13 heteroatoms. The quantitative estimate of drug-likeness (QED) is 0.453. The lowest BCUT2D eigenvalue weighted by molar-refractivity contribution is -0.0527. The average molecular weight is 495 g/mol. The first-order valence-electron chi connectivity index (χ1n) is 10.6. The van der Waals surface area contributed by atoms with E-state index in [1.165, 1.54) is 23.6 Å². The van der Waals surface area contributed by atoms with E-state index in [-0.39, 0.29) is 24.5 Å². The molecule has 0 radical (unpaired) electrons. The molecule has 0 saturated carbocycles. The maximum Gasteiger partial charge on any atom is 0.388 e. The van der Waals surface area contributed by atoms with E-state index in [1.54, 1.807) is 19.1 Å². The normalized spacial score (nSPS) is 18.5. The molecule has 0 saturated heterocycles. The minimum Gasteiger partial charge on any atom is -0.422 e. The number of thiazole rings is 1. The Balaban J connectivity index is 1.51. The molecule has 0 aliphatic carbocycles. The third-order valence-corrected chi connectivity index (χ3v) is 6.35. The van der Waals surface area contributed by atoms with E-state index in [9.17, 15) is 18.7 Å². The molecule has 3 N–H and O–H groups in total. The number of aromatic nitrogens is 3. The molecule has 4 rings (SSSR count). The summed E-state index contributed by atoms with van der Waals surface area (Å²) in [7, 11) is 0. The number of ether oxygens (including phenoxy) is 1. The van der Waals surface area contributed by atoms with E-state index in [0.717, 1.165) is 10.6 Å². The van der Waals surface area contributed by atoms with Gasteiger partial charge in [-0.25, -0.2) is 19.7 Å². The van der Waals surface area contributed by atoms with Gasteiger partial charge in [0.15, 0.2) is 10.9 Å². The Morgan fingerprint density at radius 3 is 2.91 bits per heavy atom. The van der Waals surface area contributed by atoms with E-state index in [1.807, 2.05) is 18.7 Å². The van der Waals surface area contributed by atoms with E-state index < -0.39 is 18.7 Å². The Morgan fingerprint density at radius 2 is 2.18 bits per heavy atom. The molecule has 10 nitrogen and oxygen atoms in total. The fourth-order valence-corrected chi connectivity index (χ4v) is 4.76. The number of aliphatic hydroxyl groups is 1. The van der Waals surface area contributed by atoms with Crippen molar-refractivity contribution in [3.8, 4) is 17.3 Å². The summed E-state index contributed by atoms with van der Waals surface area (Å²) in [4.78, 5) is 28.0. The first-order chi connectivity index (χ1) is 16.2. The van der Waals surface area contributed by atoms with Crippen LogP contribution in [0.5, 0.6) is 5.88 Å². The van der Waals surface area contributed by atoms with Crippen LogP contribution in [0.15, 0.2) is 28.8 Å². The lowest BCUT2D eigenvalue weighted by Gasteiger charge is -2.36. The zero-order valence-corrected chi connectivity index (χ0v) is 19.5. The van der Waals surface area contributed by atoms with E-state index in [4.69, 9.17) is 4.42 Å². The van der Waals surface area contributed by atoms with Crippen molar-refractivity contribution in [1.82, 2.24) is 20.3 Å². The summed E-state index contributed by atoms with van der Waals surface area (Å²) in [5.74, 6) is 0.110. The molecule has 2 amide bonds. The lowest BCUT2D eigenvalue weighted by atomic mass is 10.0. The number of carbonyl (C=O) groups is 1. The Kier molecular flexibility index (Phi) is 6.93. The van der Waals surface area contributed by atoms with Crippen LogP contribution in [-0.4, -0.2) is 51.4 Å². The predicted molar refractivity (Wildman–Crippen MR) is 121 cm³/mol. The monoisotopic (exact) mass is 494 g/mol. The van der Waals surface area contributed by atoms with Crippen molar-refractivity contribution in [2.45, 2.75) is 52.0 Å². The van der Waals surface area contributed by atoms with Gasteiger partial charge < -0.3 is 24.5 Å². The molecular weight excluding hydrogens is 470 g/mol. The van der Waals surface area contributed by atoms with Crippen LogP contribution in [0.1, 0.15) is 37.4 Å². The lowest BCUT2D eigenvalue weighted by Crippen LogP contribution is -2.40. The van der Waals surface area contributed by atoms with Gasteiger partial charge in [0.1, 0.15) is 5.69 Å². The van der Waals surface area contributed by atoms with Gasteiger partial charge in [0.2, 0.25) is 5.88 Å². The van der Waals surface area contributed by atoms with E-state index in [0.29, 0.717) is 29.0 Å². The number of halogens is 2. The van der Waals surface area contributed by atoms with Crippen molar-refractivity contribution < 1.29 is 27.8 Å². The van der Waals surface area contributed by atoms with Gasteiger partial charge in [-0.3, -0.25) is 5.32 Å². The van der Waals surface area contributed by atoms with Crippen LogP contribution in [0.25, 0.3) is 11.5 Å². The van der Waals surface area contributed by atoms with Crippen molar-refractivity contribution in [3.63, 3.8) is 0 Å². The van der Waals surface area contributed by atoms with Crippen molar-refractivity contribution in [2.24, 2.45) is 0 Å². The van der Waals surface area contributed by atoms with Crippen LogP contribution in [0.3, 0.4) is 0 Å². The molecule has 0 unspecified atom stereocenters. The Morgan fingerprint density at radius 1 is 1.38 bits per heavy atom. The van der Waals surface area contributed by atoms with Crippen molar-refractivity contribution in [1.29, 1.82) is 0 Å². The number of nitrogens with one attached hydrogen (secondary N) is 2. The Bertz CT molecular complexity index is 1150. The van der Waals surface area contributed by atoms with E-state index >= 15 is 0 Å². The molecule has 0 aromatic carbocycles. The van der Waals surface area contributed by atoms with Crippen LogP contribution in [0.4, 0.5) is 24.7 Å². The van der Waals surface area contributed by atoms with Crippen LogP contribution < -0.4 is 20.3 Å². The number of fused-ring (bicyclic) bond motifs is 1. The van der Waals surface area contributed by atoms with Gasteiger partial charge in [-0.2, -0.15) is 8.78 Å². The van der Waals surface area contributed by atoms with E-state index in [2.05, 4.69) is 30.3 Å². The van der Waals surface area contributed by atoms with Crippen LogP contribution in [-0.2, 0) is 6.42 Å². The molecule has 1 aliphatic rings. The summed E-state index contributed by atoms with van der Waals surface area (Å²) in [6.45, 7) is 2.75. The molecule has 0 fully saturated rings. The molecule has 1 aliphatic heterocycles. The molecule has 4 heterocycles. The van der Waals surface area contributed by atoms with Crippen molar-refractivity contribution >= 4 is 28.5 Å². The average Bonchev–Trinajstić information content (AvgIpc) is 3.39. The highest BCUT2D eigenvalue weighted by Gasteiger charge is 2.35. The van der Waals surface area contributed by atoms with Gasteiger partial charge in [0.25, 0.3) is 6.01 Å². The highest BCUT2D eigenvalue weighted by molar-refractivity contribution is 7.16. The highest BCUT2D eigenvalue weighted by Crippen LogP contribution is 2.41. The SMILES string of the molecule is C[C@H](O)CNC(=O)Nc1nc2c(s1)[C@H](C)N(c1ncc(-c3cccc(OC(F)F)n3)o1)[C@H](C)C2. The van der Waals surface area contributed by atoms with Gasteiger partial charge in [-0.15, -0.1) is 0 Å². The Labute approximate surface area is 198 Å². The van der Waals surface area contributed by atoms with Gasteiger partial charge in [-0.1, -0.05) is 17.4 Å². The minimum atomic E-state index is -2.97. The number of pyridine rings is 1.